The van der Waals surface area contributed by atoms with Gasteiger partial charge in [0.2, 0.25) is 5.82 Å². The van der Waals surface area contributed by atoms with Crippen LogP contribution in [-0.4, -0.2) is 25.2 Å². The monoisotopic (exact) mass is 294 g/mol. The molecule has 1 aliphatic heterocycles. The van der Waals surface area contributed by atoms with Gasteiger partial charge >= 0.3 is 0 Å². The number of nitrogens with zero attached hydrogens (tertiary/aromatic N) is 1. The molecule has 0 radical (unpaired) electrons. The second-order valence-electron chi connectivity index (χ2n) is 4.94. The van der Waals surface area contributed by atoms with Crippen molar-refractivity contribution >= 4 is 5.69 Å². The summed E-state index contributed by atoms with van der Waals surface area (Å²) in [6.45, 7) is 4.18. The molecule has 2 nitrogen and oxygen atoms in total. The lowest BCUT2D eigenvalue weighted by Gasteiger charge is -2.40. The van der Waals surface area contributed by atoms with E-state index in [9.17, 15) is 22.0 Å². The molecule has 1 fully saturated rings. The zero-order valence-corrected chi connectivity index (χ0v) is 11.1. The van der Waals surface area contributed by atoms with Crippen molar-refractivity contribution < 1.29 is 22.0 Å². The molecule has 20 heavy (non-hydrogen) atoms. The normalized spacial score (nSPS) is 23.2. The number of nitrogens with one attached hydrogen (secondary N) is 1. The van der Waals surface area contributed by atoms with Crippen molar-refractivity contribution in [3.8, 4) is 0 Å². The molecule has 7 heteroatoms. The predicted molar refractivity (Wildman–Crippen MR) is 65.1 cm³/mol. The van der Waals surface area contributed by atoms with Gasteiger partial charge < -0.3 is 10.2 Å². The molecule has 2 unspecified atom stereocenters. The van der Waals surface area contributed by atoms with E-state index in [1.54, 1.807) is 13.8 Å². The van der Waals surface area contributed by atoms with E-state index in [1.165, 1.54) is 4.90 Å². The molecule has 1 aromatic carbocycles. The highest BCUT2D eigenvalue weighted by Gasteiger charge is 2.34. The zero-order valence-electron chi connectivity index (χ0n) is 11.1. The zero-order chi connectivity index (χ0) is 15.0. The molecule has 0 saturated carbocycles. The Morgan fingerprint density at radius 2 is 1.50 bits per heavy atom. The second kappa shape index (κ2) is 5.55. The highest BCUT2D eigenvalue weighted by Crippen LogP contribution is 2.32. The van der Waals surface area contributed by atoms with Crippen LogP contribution in [-0.2, 0) is 0 Å². The van der Waals surface area contributed by atoms with E-state index in [0.717, 1.165) is 0 Å². The van der Waals surface area contributed by atoms with Gasteiger partial charge in [0.1, 0.15) is 5.69 Å². The quantitative estimate of drug-likeness (QED) is 0.512. The number of benzene rings is 1. The van der Waals surface area contributed by atoms with Gasteiger partial charge in [-0.05, 0) is 13.3 Å². The highest BCUT2D eigenvalue weighted by molar-refractivity contribution is 5.52. The Bertz CT molecular complexity index is 491. The molecule has 1 aliphatic rings. The summed E-state index contributed by atoms with van der Waals surface area (Å²) in [5.74, 6) is -9.47. The summed E-state index contributed by atoms with van der Waals surface area (Å²) in [5.41, 5.74) is -0.832. The predicted octanol–water partition coefficient (Wildman–Crippen LogP) is 2.96. The summed E-state index contributed by atoms with van der Waals surface area (Å²) in [5, 5.41) is 3.11. The third-order valence-corrected chi connectivity index (χ3v) is 3.56. The van der Waals surface area contributed by atoms with E-state index >= 15 is 0 Å². The summed E-state index contributed by atoms with van der Waals surface area (Å²) in [6.07, 6.45) is 0.527. The largest absolute Gasteiger partial charge is 0.361 e. The Hall–Kier alpha value is -1.37. The fourth-order valence-corrected chi connectivity index (χ4v) is 2.44. The van der Waals surface area contributed by atoms with Crippen molar-refractivity contribution in [3.63, 3.8) is 0 Å². The maximum Gasteiger partial charge on any atom is 0.200 e. The molecule has 0 aromatic heterocycles. The lowest BCUT2D eigenvalue weighted by molar-refractivity contribution is 0.358. The van der Waals surface area contributed by atoms with E-state index in [4.69, 9.17) is 0 Å². The molecular weight excluding hydrogens is 279 g/mol. The molecule has 112 valence electrons. The topological polar surface area (TPSA) is 15.3 Å². The van der Waals surface area contributed by atoms with Crippen LogP contribution in [0.25, 0.3) is 0 Å². The maximum absolute atomic E-state index is 13.8. The summed E-state index contributed by atoms with van der Waals surface area (Å²) in [7, 11) is 0. The van der Waals surface area contributed by atoms with Crippen molar-refractivity contribution in [3.05, 3.63) is 29.1 Å². The van der Waals surface area contributed by atoms with Gasteiger partial charge in [0.15, 0.2) is 23.3 Å². The van der Waals surface area contributed by atoms with Gasteiger partial charge in [-0.2, -0.15) is 0 Å². The van der Waals surface area contributed by atoms with Crippen molar-refractivity contribution in [2.24, 2.45) is 0 Å². The Labute approximate surface area is 113 Å². The third-order valence-electron chi connectivity index (χ3n) is 3.56. The Morgan fingerprint density at radius 3 is 2.00 bits per heavy atom. The first-order chi connectivity index (χ1) is 9.38. The van der Waals surface area contributed by atoms with Gasteiger partial charge in [0.05, 0.1) is 0 Å². The van der Waals surface area contributed by atoms with E-state index in [-0.39, 0.29) is 18.6 Å². The van der Waals surface area contributed by atoms with Crippen LogP contribution in [0.15, 0.2) is 0 Å². The fourth-order valence-electron chi connectivity index (χ4n) is 2.44. The number of hydrogen-bond donors (Lipinski definition) is 1. The Kier molecular flexibility index (Phi) is 4.17. The molecule has 0 aliphatic carbocycles. The lowest BCUT2D eigenvalue weighted by Crippen LogP contribution is -2.56. The summed E-state index contributed by atoms with van der Waals surface area (Å²) in [6, 6.07) is -0.424. The average Bonchev–Trinajstić information content (AvgIpc) is 2.43. The van der Waals surface area contributed by atoms with E-state index in [2.05, 4.69) is 5.32 Å². The number of halogens is 5. The first kappa shape index (κ1) is 15.0. The maximum atomic E-state index is 13.8. The number of hydrogen-bond acceptors (Lipinski definition) is 2. The number of piperazine rings is 1. The Morgan fingerprint density at radius 1 is 1.00 bits per heavy atom. The minimum Gasteiger partial charge on any atom is -0.361 e. The SMILES string of the molecule is CCC1CNC(C)CN1c1c(F)c(F)c(F)c(F)c1F. The van der Waals surface area contributed by atoms with E-state index in [1.807, 2.05) is 0 Å². The van der Waals surface area contributed by atoms with Crippen LogP contribution < -0.4 is 10.2 Å². The van der Waals surface area contributed by atoms with Gasteiger partial charge in [-0.1, -0.05) is 6.92 Å². The standard InChI is InChI=1S/C13H15F5N2/c1-3-7-4-19-6(2)5-20(7)13-11(17)9(15)8(14)10(16)12(13)18/h6-7,19H,3-5H2,1-2H3. The molecule has 0 spiro atoms. The van der Waals surface area contributed by atoms with Gasteiger partial charge in [0.25, 0.3) is 0 Å². The van der Waals surface area contributed by atoms with Crippen molar-refractivity contribution in [1.82, 2.24) is 5.32 Å². The lowest BCUT2D eigenvalue weighted by atomic mass is 10.1. The first-order valence-electron chi connectivity index (χ1n) is 6.39. The molecule has 2 atom stereocenters. The van der Waals surface area contributed by atoms with Crippen molar-refractivity contribution in [2.45, 2.75) is 32.4 Å². The van der Waals surface area contributed by atoms with Gasteiger partial charge in [-0.15, -0.1) is 0 Å². The fraction of sp³-hybridized carbons (Fsp3) is 0.538. The highest BCUT2D eigenvalue weighted by atomic mass is 19.2. The van der Waals surface area contributed by atoms with Crippen LogP contribution in [0.1, 0.15) is 20.3 Å². The first-order valence-corrected chi connectivity index (χ1v) is 6.39. The van der Waals surface area contributed by atoms with Crippen molar-refractivity contribution in [2.75, 3.05) is 18.0 Å². The van der Waals surface area contributed by atoms with Crippen LogP contribution >= 0.6 is 0 Å². The van der Waals surface area contributed by atoms with Gasteiger partial charge in [0, 0.05) is 25.2 Å². The second-order valence-corrected chi connectivity index (χ2v) is 4.94. The molecule has 1 heterocycles. The molecule has 0 bridgehead atoms. The number of rotatable bonds is 2. The third kappa shape index (κ3) is 2.34. The van der Waals surface area contributed by atoms with Crippen molar-refractivity contribution in [1.29, 1.82) is 0 Å². The molecule has 1 aromatic rings. The van der Waals surface area contributed by atoms with Crippen LogP contribution in [0.4, 0.5) is 27.6 Å². The summed E-state index contributed by atoms with van der Waals surface area (Å²) in [4.78, 5) is 1.26. The molecule has 0 amide bonds. The van der Waals surface area contributed by atoms with E-state index in [0.29, 0.717) is 13.0 Å². The molecule has 1 saturated heterocycles. The minimum atomic E-state index is -2.13. The van der Waals surface area contributed by atoms with Gasteiger partial charge in [-0.25, -0.2) is 22.0 Å². The number of anilines is 1. The summed E-state index contributed by atoms with van der Waals surface area (Å²) >= 11 is 0. The van der Waals surface area contributed by atoms with Gasteiger partial charge in [-0.3, -0.25) is 0 Å². The molecule has 1 N–H and O–H groups in total. The Balaban J connectivity index is 2.55. The molecule has 2 rings (SSSR count). The van der Waals surface area contributed by atoms with Crippen LogP contribution in [0.2, 0.25) is 0 Å². The molecular formula is C13H15F5N2. The minimum absolute atomic E-state index is 0.104. The van der Waals surface area contributed by atoms with Crippen LogP contribution in [0.3, 0.4) is 0 Å². The average molecular weight is 294 g/mol. The van der Waals surface area contributed by atoms with E-state index < -0.39 is 34.8 Å². The van der Waals surface area contributed by atoms with Crippen LogP contribution in [0.5, 0.6) is 0 Å². The summed E-state index contributed by atoms with van der Waals surface area (Å²) < 4.78 is 67.3. The van der Waals surface area contributed by atoms with Crippen LogP contribution in [0, 0.1) is 29.1 Å². The smallest absolute Gasteiger partial charge is 0.200 e.